The van der Waals surface area contributed by atoms with E-state index in [9.17, 15) is 0 Å². The molecule has 0 bridgehead atoms. The number of benzene rings is 1. The Labute approximate surface area is 111 Å². The van der Waals surface area contributed by atoms with Crippen LogP contribution < -0.4 is 5.32 Å². The van der Waals surface area contributed by atoms with Gasteiger partial charge in [0.1, 0.15) is 0 Å². The van der Waals surface area contributed by atoms with Gasteiger partial charge in [-0.3, -0.25) is 0 Å². The minimum absolute atomic E-state index is 0.477. The van der Waals surface area contributed by atoms with Gasteiger partial charge >= 0.3 is 0 Å². The van der Waals surface area contributed by atoms with Crippen LogP contribution in [0.5, 0.6) is 0 Å². The van der Waals surface area contributed by atoms with Crippen LogP contribution in [0.4, 0.5) is 0 Å². The first-order valence-electron chi connectivity index (χ1n) is 6.96. The SMILES string of the molecule is Cc1cc(C)c(C(CNC2CC2)N(C)C)cc1C. The van der Waals surface area contributed by atoms with Crippen molar-refractivity contribution in [3.05, 3.63) is 34.4 Å². The van der Waals surface area contributed by atoms with E-state index in [2.05, 4.69) is 57.2 Å². The predicted octanol–water partition coefficient (Wildman–Crippen LogP) is 2.97. The predicted molar refractivity (Wildman–Crippen MR) is 78.1 cm³/mol. The molecule has 1 saturated carbocycles. The standard InChI is InChI=1S/C16H26N2/c1-11-8-13(3)15(9-12(11)2)16(18(4)5)10-17-14-6-7-14/h8-9,14,16-17H,6-7,10H2,1-5H3. The fourth-order valence-electron chi connectivity index (χ4n) is 2.48. The van der Waals surface area contributed by atoms with Crippen LogP contribution in [0.3, 0.4) is 0 Å². The molecule has 1 aliphatic rings. The molecule has 1 atom stereocenters. The zero-order valence-electron chi connectivity index (χ0n) is 12.4. The lowest BCUT2D eigenvalue weighted by atomic mass is 9.95. The number of nitrogens with zero attached hydrogens (tertiary/aromatic N) is 1. The molecule has 100 valence electrons. The Morgan fingerprint density at radius 3 is 2.28 bits per heavy atom. The van der Waals surface area contributed by atoms with Crippen LogP contribution in [-0.2, 0) is 0 Å². The lowest BCUT2D eigenvalue weighted by Gasteiger charge is -2.27. The van der Waals surface area contributed by atoms with Gasteiger partial charge in [0.05, 0.1) is 0 Å². The quantitative estimate of drug-likeness (QED) is 0.859. The van der Waals surface area contributed by atoms with Crippen LogP contribution >= 0.6 is 0 Å². The molecule has 0 heterocycles. The molecule has 0 spiro atoms. The third-order valence-electron chi connectivity index (χ3n) is 4.04. The number of aryl methyl sites for hydroxylation is 3. The summed E-state index contributed by atoms with van der Waals surface area (Å²) in [5.41, 5.74) is 5.67. The van der Waals surface area contributed by atoms with Crippen molar-refractivity contribution in [2.75, 3.05) is 20.6 Å². The molecule has 18 heavy (non-hydrogen) atoms. The summed E-state index contributed by atoms with van der Waals surface area (Å²) < 4.78 is 0. The van der Waals surface area contributed by atoms with E-state index in [4.69, 9.17) is 0 Å². The third-order valence-corrected chi connectivity index (χ3v) is 4.04. The first kappa shape index (κ1) is 13.6. The minimum Gasteiger partial charge on any atom is -0.312 e. The van der Waals surface area contributed by atoms with Crippen molar-refractivity contribution in [2.24, 2.45) is 0 Å². The average molecular weight is 246 g/mol. The highest BCUT2D eigenvalue weighted by molar-refractivity contribution is 5.38. The number of hydrogen-bond acceptors (Lipinski definition) is 2. The molecule has 1 N–H and O–H groups in total. The average Bonchev–Trinajstić information content (AvgIpc) is 3.09. The molecular weight excluding hydrogens is 220 g/mol. The molecule has 1 aromatic rings. The van der Waals surface area contributed by atoms with E-state index in [-0.39, 0.29) is 0 Å². The number of rotatable bonds is 5. The smallest absolute Gasteiger partial charge is 0.0469 e. The van der Waals surface area contributed by atoms with Gasteiger partial charge in [0, 0.05) is 18.6 Å². The molecular formula is C16H26N2. The molecule has 1 fully saturated rings. The third kappa shape index (κ3) is 3.12. The zero-order chi connectivity index (χ0) is 13.3. The van der Waals surface area contributed by atoms with E-state index in [0.717, 1.165) is 12.6 Å². The van der Waals surface area contributed by atoms with Gasteiger partial charge in [-0.2, -0.15) is 0 Å². The summed E-state index contributed by atoms with van der Waals surface area (Å²) in [6, 6.07) is 5.94. The number of nitrogens with one attached hydrogen (secondary N) is 1. The van der Waals surface area contributed by atoms with Gasteiger partial charge in [-0.15, -0.1) is 0 Å². The summed E-state index contributed by atoms with van der Waals surface area (Å²) in [5, 5.41) is 3.66. The van der Waals surface area contributed by atoms with Crippen LogP contribution in [-0.4, -0.2) is 31.6 Å². The lowest BCUT2D eigenvalue weighted by molar-refractivity contribution is 0.287. The van der Waals surface area contributed by atoms with Crippen molar-refractivity contribution in [3.8, 4) is 0 Å². The number of hydrogen-bond donors (Lipinski definition) is 1. The Kier molecular flexibility index (Phi) is 4.08. The first-order valence-corrected chi connectivity index (χ1v) is 6.96. The van der Waals surface area contributed by atoms with Crippen LogP contribution in [0.15, 0.2) is 12.1 Å². The second kappa shape index (κ2) is 5.41. The fourth-order valence-corrected chi connectivity index (χ4v) is 2.48. The maximum absolute atomic E-state index is 3.66. The van der Waals surface area contributed by atoms with Crippen molar-refractivity contribution in [1.29, 1.82) is 0 Å². The van der Waals surface area contributed by atoms with E-state index < -0.39 is 0 Å². The minimum atomic E-state index is 0.477. The molecule has 2 nitrogen and oxygen atoms in total. The summed E-state index contributed by atoms with van der Waals surface area (Å²) in [6.07, 6.45) is 2.71. The van der Waals surface area contributed by atoms with E-state index >= 15 is 0 Å². The summed E-state index contributed by atoms with van der Waals surface area (Å²) in [5.74, 6) is 0. The van der Waals surface area contributed by atoms with Crippen molar-refractivity contribution in [2.45, 2.75) is 45.7 Å². The van der Waals surface area contributed by atoms with Gasteiger partial charge in [-0.1, -0.05) is 12.1 Å². The summed E-state index contributed by atoms with van der Waals surface area (Å²) in [7, 11) is 4.35. The van der Waals surface area contributed by atoms with E-state index in [1.54, 1.807) is 0 Å². The summed E-state index contributed by atoms with van der Waals surface area (Å²) >= 11 is 0. The molecule has 2 rings (SSSR count). The van der Waals surface area contributed by atoms with Crippen LogP contribution in [0.2, 0.25) is 0 Å². The molecule has 0 aliphatic heterocycles. The lowest BCUT2D eigenvalue weighted by Crippen LogP contribution is -2.32. The Bertz CT molecular complexity index is 419. The van der Waals surface area contributed by atoms with Crippen LogP contribution in [0.1, 0.15) is 41.1 Å². The Balaban J connectivity index is 2.20. The van der Waals surface area contributed by atoms with E-state index in [0.29, 0.717) is 6.04 Å². The zero-order valence-corrected chi connectivity index (χ0v) is 12.4. The first-order chi connectivity index (χ1) is 8.49. The largest absolute Gasteiger partial charge is 0.312 e. The van der Waals surface area contributed by atoms with Gasteiger partial charge in [0.15, 0.2) is 0 Å². The second-order valence-corrected chi connectivity index (χ2v) is 5.95. The Hall–Kier alpha value is -0.860. The Morgan fingerprint density at radius 2 is 1.72 bits per heavy atom. The van der Waals surface area contributed by atoms with Crippen molar-refractivity contribution in [1.82, 2.24) is 10.2 Å². The number of likely N-dealkylation sites (N-methyl/N-ethyl adjacent to an activating group) is 1. The van der Waals surface area contributed by atoms with Crippen molar-refractivity contribution >= 4 is 0 Å². The second-order valence-electron chi connectivity index (χ2n) is 5.95. The molecule has 1 aromatic carbocycles. The molecule has 1 unspecified atom stereocenters. The molecule has 0 aromatic heterocycles. The highest BCUT2D eigenvalue weighted by Gasteiger charge is 2.24. The topological polar surface area (TPSA) is 15.3 Å². The maximum atomic E-state index is 3.66. The van der Waals surface area contributed by atoms with Crippen molar-refractivity contribution in [3.63, 3.8) is 0 Å². The maximum Gasteiger partial charge on any atom is 0.0469 e. The molecule has 2 heteroatoms. The summed E-state index contributed by atoms with van der Waals surface area (Å²) in [4.78, 5) is 2.33. The molecule has 1 aliphatic carbocycles. The van der Waals surface area contributed by atoms with Gasteiger partial charge in [-0.05, 0) is 70.0 Å². The molecule has 0 radical (unpaired) electrons. The monoisotopic (exact) mass is 246 g/mol. The van der Waals surface area contributed by atoms with E-state index in [1.165, 1.54) is 35.1 Å². The van der Waals surface area contributed by atoms with Crippen LogP contribution in [0, 0.1) is 20.8 Å². The van der Waals surface area contributed by atoms with Crippen LogP contribution in [0.25, 0.3) is 0 Å². The van der Waals surface area contributed by atoms with Crippen molar-refractivity contribution < 1.29 is 0 Å². The Morgan fingerprint density at radius 1 is 1.11 bits per heavy atom. The van der Waals surface area contributed by atoms with Gasteiger partial charge in [-0.25, -0.2) is 0 Å². The molecule has 0 amide bonds. The van der Waals surface area contributed by atoms with Gasteiger partial charge < -0.3 is 10.2 Å². The fraction of sp³-hybridized carbons (Fsp3) is 0.625. The highest BCUT2D eigenvalue weighted by atomic mass is 15.1. The van der Waals surface area contributed by atoms with Gasteiger partial charge in [0.25, 0.3) is 0 Å². The normalized spacial score (nSPS) is 17.2. The highest BCUT2D eigenvalue weighted by Crippen LogP contribution is 2.26. The molecule has 0 saturated heterocycles. The summed E-state index contributed by atoms with van der Waals surface area (Å²) in [6.45, 7) is 7.69. The van der Waals surface area contributed by atoms with Gasteiger partial charge in [0.2, 0.25) is 0 Å². The van der Waals surface area contributed by atoms with E-state index in [1.807, 2.05) is 0 Å².